The highest BCUT2D eigenvalue weighted by Crippen LogP contribution is 2.30. The normalized spacial score (nSPS) is 10.8. The van der Waals surface area contributed by atoms with Crippen LogP contribution in [0, 0.1) is 17.0 Å². The fraction of sp³-hybridized carbons (Fsp3) is 0.0909. The number of carbonyl (C=O) groups is 1. The van der Waals surface area contributed by atoms with Crippen LogP contribution in [-0.4, -0.2) is 15.8 Å². The minimum absolute atomic E-state index is 0.0556. The second-order valence-corrected chi connectivity index (χ2v) is 7.59. The molecule has 0 saturated heterocycles. The molecule has 0 unspecified atom stereocenters. The number of benzene rings is 2. The first kappa shape index (κ1) is 20.5. The third-order valence-electron chi connectivity index (χ3n) is 4.53. The first-order valence-electron chi connectivity index (χ1n) is 9.23. The second-order valence-electron chi connectivity index (χ2n) is 6.73. The molecule has 0 bridgehead atoms. The molecule has 0 aliphatic rings. The van der Waals surface area contributed by atoms with Crippen molar-refractivity contribution in [2.24, 2.45) is 0 Å². The Balaban J connectivity index is 1.48. The smallest absolute Gasteiger partial charge is 0.311 e. The largest absolute Gasteiger partial charge is 0.479 e. The number of hydrogen-bond acceptors (Lipinski definition) is 6. The van der Waals surface area contributed by atoms with E-state index in [9.17, 15) is 14.9 Å². The highest BCUT2D eigenvalue weighted by molar-refractivity contribution is 9.10. The van der Waals surface area contributed by atoms with E-state index >= 15 is 0 Å². The van der Waals surface area contributed by atoms with Gasteiger partial charge in [-0.15, -0.1) is 0 Å². The first-order chi connectivity index (χ1) is 14.9. The number of nitrogens with one attached hydrogen (secondary N) is 1. The monoisotopic (exact) mass is 481 g/mol. The number of ether oxygens (including phenoxy) is 1. The zero-order valence-electron chi connectivity index (χ0n) is 16.3. The Hall–Kier alpha value is -3.72. The van der Waals surface area contributed by atoms with Gasteiger partial charge in [0.15, 0.2) is 11.5 Å². The van der Waals surface area contributed by atoms with Gasteiger partial charge in [0.2, 0.25) is 0 Å². The van der Waals surface area contributed by atoms with Crippen molar-refractivity contribution in [3.05, 3.63) is 92.5 Å². The number of carbonyl (C=O) groups excluding carboxylic acids is 1. The fourth-order valence-corrected chi connectivity index (χ4v) is 3.49. The Morgan fingerprint density at radius 1 is 1.23 bits per heavy atom. The number of nitrogens with zero attached hydrogens (tertiary/aromatic N) is 2. The van der Waals surface area contributed by atoms with E-state index < -0.39 is 10.8 Å². The third-order valence-corrected chi connectivity index (χ3v) is 5.22. The lowest BCUT2D eigenvalue weighted by Crippen LogP contribution is -2.11. The molecule has 156 valence electrons. The Morgan fingerprint density at radius 3 is 2.87 bits per heavy atom. The maximum atomic E-state index is 12.6. The van der Waals surface area contributed by atoms with Gasteiger partial charge in [0, 0.05) is 22.1 Å². The molecule has 2 heterocycles. The van der Waals surface area contributed by atoms with Crippen molar-refractivity contribution in [1.29, 1.82) is 0 Å². The number of anilines is 1. The average Bonchev–Trinajstić information content (AvgIpc) is 3.24. The van der Waals surface area contributed by atoms with Crippen LogP contribution in [0.3, 0.4) is 0 Å². The number of fused-ring (bicyclic) bond motifs is 1. The molecule has 0 aliphatic heterocycles. The Morgan fingerprint density at radius 2 is 2.06 bits per heavy atom. The zero-order valence-corrected chi connectivity index (χ0v) is 17.9. The Kier molecular flexibility index (Phi) is 5.68. The molecule has 1 amide bonds. The van der Waals surface area contributed by atoms with Crippen molar-refractivity contribution in [2.45, 2.75) is 13.5 Å². The lowest BCUT2D eigenvalue weighted by atomic mass is 10.2. The molecule has 2 aromatic carbocycles. The van der Waals surface area contributed by atoms with Gasteiger partial charge in [-0.2, -0.15) is 0 Å². The number of nitro benzene ring substituents is 1. The van der Waals surface area contributed by atoms with Crippen molar-refractivity contribution in [2.75, 3.05) is 5.32 Å². The minimum Gasteiger partial charge on any atom is -0.479 e. The molecular formula is C22H16BrN3O5. The van der Waals surface area contributed by atoms with E-state index in [-0.39, 0.29) is 23.8 Å². The summed E-state index contributed by atoms with van der Waals surface area (Å²) in [7, 11) is 0. The summed E-state index contributed by atoms with van der Waals surface area (Å²) in [6.07, 6.45) is 1.65. The molecule has 4 rings (SSSR count). The van der Waals surface area contributed by atoms with Gasteiger partial charge in [-0.3, -0.25) is 19.9 Å². The van der Waals surface area contributed by atoms with E-state index in [4.69, 9.17) is 9.15 Å². The average molecular weight is 482 g/mol. The van der Waals surface area contributed by atoms with Crippen LogP contribution < -0.4 is 10.1 Å². The second kappa shape index (κ2) is 8.57. The van der Waals surface area contributed by atoms with Crippen LogP contribution in [0.1, 0.15) is 21.9 Å². The Bertz CT molecular complexity index is 1300. The predicted octanol–water partition coefficient (Wildman–Crippen LogP) is 5.64. The first-order valence-corrected chi connectivity index (χ1v) is 10.0. The van der Waals surface area contributed by atoms with Crippen molar-refractivity contribution in [1.82, 2.24) is 4.98 Å². The summed E-state index contributed by atoms with van der Waals surface area (Å²) in [6.45, 7) is 1.71. The van der Waals surface area contributed by atoms with E-state index in [1.165, 1.54) is 18.2 Å². The number of rotatable bonds is 6. The van der Waals surface area contributed by atoms with Crippen LogP contribution >= 0.6 is 15.9 Å². The van der Waals surface area contributed by atoms with Gasteiger partial charge in [0.25, 0.3) is 5.91 Å². The Labute approximate surface area is 185 Å². The SMILES string of the molecule is Cc1ccc(OCc2ccc(C(=O)Nc3ccc(Br)c4cccnc34)o2)c([N+](=O)[O-])c1. The molecule has 0 saturated carbocycles. The lowest BCUT2D eigenvalue weighted by Gasteiger charge is -2.08. The molecular weight excluding hydrogens is 466 g/mol. The van der Waals surface area contributed by atoms with Crippen LogP contribution in [0.4, 0.5) is 11.4 Å². The summed E-state index contributed by atoms with van der Waals surface area (Å²) in [6, 6.07) is 15.1. The van der Waals surface area contributed by atoms with E-state index in [1.807, 2.05) is 18.2 Å². The van der Waals surface area contributed by atoms with Crippen molar-refractivity contribution in [3.63, 3.8) is 0 Å². The zero-order chi connectivity index (χ0) is 22.0. The molecule has 0 atom stereocenters. The van der Waals surface area contributed by atoms with Gasteiger partial charge in [-0.1, -0.05) is 28.1 Å². The van der Waals surface area contributed by atoms with Crippen LogP contribution in [0.2, 0.25) is 0 Å². The van der Waals surface area contributed by atoms with Crippen molar-refractivity contribution >= 4 is 44.1 Å². The van der Waals surface area contributed by atoms with Gasteiger partial charge >= 0.3 is 5.69 Å². The molecule has 31 heavy (non-hydrogen) atoms. The maximum absolute atomic E-state index is 12.6. The summed E-state index contributed by atoms with van der Waals surface area (Å²) >= 11 is 3.47. The van der Waals surface area contributed by atoms with Crippen LogP contribution in [-0.2, 0) is 6.61 Å². The molecule has 0 spiro atoms. The van der Waals surface area contributed by atoms with Crippen molar-refractivity contribution in [3.8, 4) is 5.75 Å². The number of aryl methyl sites for hydroxylation is 1. The molecule has 2 aromatic heterocycles. The molecule has 0 radical (unpaired) electrons. The van der Waals surface area contributed by atoms with E-state index in [0.717, 1.165) is 15.4 Å². The lowest BCUT2D eigenvalue weighted by molar-refractivity contribution is -0.386. The molecule has 0 fully saturated rings. The number of furan rings is 1. The van der Waals surface area contributed by atoms with Gasteiger partial charge < -0.3 is 14.5 Å². The number of halogens is 1. The maximum Gasteiger partial charge on any atom is 0.311 e. The number of hydrogen-bond donors (Lipinski definition) is 1. The van der Waals surface area contributed by atoms with Crippen LogP contribution in [0.25, 0.3) is 10.9 Å². The topological polar surface area (TPSA) is 108 Å². The van der Waals surface area contributed by atoms with Gasteiger partial charge in [-0.05, 0) is 48.9 Å². The summed E-state index contributed by atoms with van der Waals surface area (Å²) < 4.78 is 12.0. The molecule has 8 nitrogen and oxygen atoms in total. The quantitative estimate of drug-likeness (QED) is 0.282. The number of amides is 1. The highest BCUT2D eigenvalue weighted by Gasteiger charge is 2.17. The van der Waals surface area contributed by atoms with E-state index in [2.05, 4.69) is 26.2 Å². The summed E-state index contributed by atoms with van der Waals surface area (Å²) in [4.78, 5) is 27.7. The highest BCUT2D eigenvalue weighted by atomic mass is 79.9. The summed E-state index contributed by atoms with van der Waals surface area (Å²) in [5.74, 6) is 0.134. The van der Waals surface area contributed by atoms with E-state index in [1.54, 1.807) is 31.3 Å². The van der Waals surface area contributed by atoms with Crippen molar-refractivity contribution < 1.29 is 18.9 Å². The number of pyridine rings is 1. The predicted molar refractivity (Wildman–Crippen MR) is 118 cm³/mol. The molecule has 4 aromatic rings. The van der Waals surface area contributed by atoms with Gasteiger partial charge in [-0.25, -0.2) is 0 Å². The molecule has 1 N–H and O–H groups in total. The van der Waals surface area contributed by atoms with Crippen LogP contribution in [0.5, 0.6) is 5.75 Å². The van der Waals surface area contributed by atoms with Gasteiger partial charge in [0.1, 0.15) is 12.4 Å². The van der Waals surface area contributed by atoms with E-state index in [0.29, 0.717) is 17.0 Å². The summed E-state index contributed by atoms with van der Waals surface area (Å²) in [5.41, 5.74) is 1.82. The number of aromatic nitrogens is 1. The molecule has 9 heteroatoms. The molecule has 0 aliphatic carbocycles. The standard InChI is InChI=1S/C22H16BrN3O5/c1-13-4-8-19(18(11-13)26(28)29)30-12-14-5-9-20(31-14)22(27)25-17-7-6-16(23)15-3-2-10-24-21(15)17/h2-11H,12H2,1H3,(H,25,27). The third kappa shape index (κ3) is 4.41. The van der Waals surface area contributed by atoms with Gasteiger partial charge in [0.05, 0.1) is 16.1 Å². The summed E-state index contributed by atoms with van der Waals surface area (Å²) in [5, 5.41) is 14.9. The minimum atomic E-state index is -0.500. The van der Waals surface area contributed by atoms with Crippen LogP contribution in [0.15, 0.2) is 69.7 Å². The number of nitro groups is 1. The fourth-order valence-electron chi connectivity index (χ4n) is 3.04.